The van der Waals surface area contributed by atoms with Gasteiger partial charge in [0.25, 0.3) is 0 Å². The second-order valence-corrected chi connectivity index (χ2v) is 9.46. The van der Waals surface area contributed by atoms with E-state index in [-0.39, 0.29) is 28.6 Å². The van der Waals surface area contributed by atoms with Crippen molar-refractivity contribution in [2.75, 3.05) is 26.8 Å². The van der Waals surface area contributed by atoms with Gasteiger partial charge in [-0.25, -0.2) is 13.1 Å². The van der Waals surface area contributed by atoms with Crippen molar-refractivity contribution < 1.29 is 22.7 Å². The molecule has 2 heterocycles. The van der Waals surface area contributed by atoms with Crippen LogP contribution >= 0.6 is 0 Å². The Bertz CT molecular complexity index is 840. The number of amides is 1. The first kappa shape index (κ1) is 19.5. The van der Waals surface area contributed by atoms with Crippen LogP contribution in [0.15, 0.2) is 23.1 Å². The fourth-order valence-corrected chi connectivity index (χ4v) is 5.08. The zero-order valence-corrected chi connectivity index (χ0v) is 16.8. The van der Waals surface area contributed by atoms with Gasteiger partial charge in [-0.3, -0.25) is 9.69 Å². The monoisotopic (exact) mass is 409 g/mol. The van der Waals surface area contributed by atoms with Crippen LogP contribution in [0.1, 0.15) is 32.1 Å². The maximum absolute atomic E-state index is 12.8. The van der Waals surface area contributed by atoms with Crippen LogP contribution in [0.25, 0.3) is 0 Å². The summed E-state index contributed by atoms with van der Waals surface area (Å²) in [4.78, 5) is 14.3. The van der Waals surface area contributed by atoms with Gasteiger partial charge >= 0.3 is 0 Å². The van der Waals surface area contributed by atoms with E-state index >= 15 is 0 Å². The lowest BCUT2D eigenvalue weighted by Gasteiger charge is -2.26. The zero-order chi connectivity index (χ0) is 19.7. The fraction of sp³-hybridized carbons (Fsp3) is 0.632. The number of fused-ring (bicyclic) bond motifs is 1. The molecule has 4 rings (SSSR count). The van der Waals surface area contributed by atoms with E-state index in [9.17, 15) is 13.2 Å². The standard InChI is InChI=1S/C19H27N3O5S/c1-22-14(11-18(23)21-13-5-6-13)7-8-15(22)12-20-28(24,25)17-4-2-3-16-19(17)27-10-9-26-16/h2-4,13-15,20H,5-12H2,1H3,(H,21,23)/t14-,15+/m1/s1. The van der Waals surface area contributed by atoms with Crippen LogP contribution in [0.3, 0.4) is 0 Å². The maximum atomic E-state index is 12.8. The summed E-state index contributed by atoms with van der Waals surface area (Å²) in [7, 11) is -1.76. The highest BCUT2D eigenvalue weighted by molar-refractivity contribution is 7.89. The summed E-state index contributed by atoms with van der Waals surface area (Å²) in [6.07, 6.45) is 4.36. The van der Waals surface area contributed by atoms with Crippen LogP contribution in [-0.2, 0) is 14.8 Å². The first-order chi connectivity index (χ1) is 13.4. The highest BCUT2D eigenvalue weighted by atomic mass is 32.2. The first-order valence-corrected chi connectivity index (χ1v) is 11.3. The second kappa shape index (κ2) is 7.88. The molecule has 1 saturated heterocycles. The van der Waals surface area contributed by atoms with Gasteiger partial charge in [0.2, 0.25) is 15.9 Å². The predicted octanol–water partition coefficient (Wildman–Crippen LogP) is 0.868. The van der Waals surface area contributed by atoms with Gasteiger partial charge in [-0.15, -0.1) is 0 Å². The number of hydrogen-bond donors (Lipinski definition) is 2. The summed E-state index contributed by atoms with van der Waals surface area (Å²) in [6.45, 7) is 1.03. The molecule has 0 spiro atoms. The normalized spacial score (nSPS) is 24.9. The molecule has 8 nitrogen and oxygen atoms in total. The Morgan fingerprint density at radius 2 is 1.89 bits per heavy atom. The van der Waals surface area contributed by atoms with Gasteiger partial charge in [0.1, 0.15) is 18.1 Å². The molecule has 2 aliphatic heterocycles. The summed E-state index contributed by atoms with van der Waals surface area (Å²) in [5, 5.41) is 3.02. The van der Waals surface area contributed by atoms with Crippen LogP contribution in [-0.4, -0.2) is 64.2 Å². The van der Waals surface area contributed by atoms with Crippen molar-refractivity contribution in [3.05, 3.63) is 18.2 Å². The van der Waals surface area contributed by atoms with Gasteiger partial charge in [0.15, 0.2) is 11.5 Å². The zero-order valence-electron chi connectivity index (χ0n) is 16.0. The molecule has 1 aromatic carbocycles. The summed E-state index contributed by atoms with van der Waals surface area (Å²) >= 11 is 0. The Kier molecular flexibility index (Phi) is 5.48. The van der Waals surface area contributed by atoms with Crippen LogP contribution in [0.4, 0.5) is 0 Å². The Morgan fingerprint density at radius 1 is 1.14 bits per heavy atom. The van der Waals surface area contributed by atoms with Gasteiger partial charge in [0, 0.05) is 31.1 Å². The molecule has 154 valence electrons. The minimum atomic E-state index is -3.72. The number of rotatable bonds is 7. The van der Waals surface area contributed by atoms with Crippen LogP contribution in [0.5, 0.6) is 11.5 Å². The van der Waals surface area contributed by atoms with E-state index in [1.807, 2.05) is 7.05 Å². The molecule has 0 radical (unpaired) electrons. The van der Waals surface area contributed by atoms with Gasteiger partial charge in [-0.1, -0.05) is 6.07 Å². The average Bonchev–Trinajstić information content (AvgIpc) is 3.43. The fourth-order valence-electron chi connectivity index (χ4n) is 3.85. The summed E-state index contributed by atoms with van der Waals surface area (Å²) < 4.78 is 39.4. The molecule has 2 fully saturated rings. The molecule has 0 unspecified atom stereocenters. The molecule has 0 aromatic heterocycles. The van der Waals surface area contributed by atoms with Crippen LogP contribution in [0, 0.1) is 0 Å². The molecule has 28 heavy (non-hydrogen) atoms. The largest absolute Gasteiger partial charge is 0.486 e. The lowest BCUT2D eigenvalue weighted by Crippen LogP contribution is -2.42. The quantitative estimate of drug-likeness (QED) is 0.694. The molecule has 1 saturated carbocycles. The molecule has 2 N–H and O–H groups in total. The Labute approximate surface area is 165 Å². The Morgan fingerprint density at radius 3 is 2.68 bits per heavy atom. The molecule has 9 heteroatoms. The molecule has 1 amide bonds. The van der Waals surface area contributed by atoms with Crippen molar-refractivity contribution in [2.45, 2.75) is 55.1 Å². The second-order valence-electron chi connectivity index (χ2n) is 7.73. The number of carbonyl (C=O) groups excluding carboxylic acids is 1. The van der Waals surface area contributed by atoms with E-state index in [4.69, 9.17) is 9.47 Å². The highest BCUT2D eigenvalue weighted by Gasteiger charge is 2.34. The summed E-state index contributed by atoms with van der Waals surface area (Å²) in [5.41, 5.74) is 0. The van der Waals surface area contributed by atoms with Crippen molar-refractivity contribution in [1.29, 1.82) is 0 Å². The lowest BCUT2D eigenvalue weighted by molar-refractivity contribution is -0.122. The Hall–Kier alpha value is -1.84. The molecule has 0 bridgehead atoms. The smallest absolute Gasteiger partial charge is 0.244 e. The number of nitrogens with zero attached hydrogens (tertiary/aromatic N) is 1. The SMILES string of the molecule is CN1[C@@H](CC(=O)NC2CC2)CC[C@H]1CNS(=O)(=O)c1cccc2c1OCCO2. The van der Waals surface area contributed by atoms with E-state index in [1.54, 1.807) is 12.1 Å². The van der Waals surface area contributed by atoms with Crippen molar-refractivity contribution in [1.82, 2.24) is 14.9 Å². The van der Waals surface area contributed by atoms with Gasteiger partial charge in [-0.2, -0.15) is 0 Å². The number of benzene rings is 1. The molecule has 3 aliphatic rings. The third-order valence-corrected chi connectivity index (χ3v) is 7.12. The third-order valence-electron chi connectivity index (χ3n) is 5.68. The highest BCUT2D eigenvalue weighted by Crippen LogP contribution is 2.36. The average molecular weight is 410 g/mol. The number of nitrogens with one attached hydrogen (secondary N) is 2. The van der Waals surface area contributed by atoms with E-state index in [2.05, 4.69) is 14.9 Å². The van der Waals surface area contributed by atoms with E-state index in [1.165, 1.54) is 6.07 Å². The van der Waals surface area contributed by atoms with E-state index < -0.39 is 10.0 Å². The first-order valence-electron chi connectivity index (χ1n) is 9.83. The van der Waals surface area contributed by atoms with Crippen LogP contribution < -0.4 is 19.5 Å². The summed E-state index contributed by atoms with van der Waals surface area (Å²) in [6, 6.07) is 5.46. The van der Waals surface area contributed by atoms with Crippen molar-refractivity contribution in [3.8, 4) is 11.5 Å². The molecular weight excluding hydrogens is 382 g/mol. The van der Waals surface area contributed by atoms with Crippen molar-refractivity contribution >= 4 is 15.9 Å². The number of likely N-dealkylation sites (tertiary alicyclic amines) is 1. The third kappa shape index (κ3) is 4.26. The number of sulfonamides is 1. The van der Waals surface area contributed by atoms with Gasteiger partial charge in [0.05, 0.1) is 0 Å². The molecule has 2 atom stereocenters. The molecule has 1 aromatic rings. The predicted molar refractivity (Wildman–Crippen MR) is 103 cm³/mol. The summed E-state index contributed by atoms with van der Waals surface area (Å²) in [5.74, 6) is 0.818. The van der Waals surface area contributed by atoms with Crippen molar-refractivity contribution in [3.63, 3.8) is 0 Å². The van der Waals surface area contributed by atoms with Gasteiger partial charge < -0.3 is 14.8 Å². The lowest BCUT2D eigenvalue weighted by atomic mass is 10.1. The number of carbonyl (C=O) groups is 1. The maximum Gasteiger partial charge on any atom is 0.244 e. The number of ether oxygens (including phenoxy) is 2. The van der Waals surface area contributed by atoms with Crippen molar-refractivity contribution in [2.24, 2.45) is 0 Å². The van der Waals surface area contributed by atoms with E-state index in [0.29, 0.717) is 38.0 Å². The molecule has 1 aliphatic carbocycles. The number of likely N-dealkylation sites (N-methyl/N-ethyl adjacent to an activating group) is 1. The van der Waals surface area contributed by atoms with E-state index in [0.717, 1.165) is 25.7 Å². The van der Waals surface area contributed by atoms with Crippen LogP contribution in [0.2, 0.25) is 0 Å². The Balaban J connectivity index is 1.35. The topological polar surface area (TPSA) is 97.0 Å². The number of hydrogen-bond acceptors (Lipinski definition) is 6. The number of para-hydroxylation sites is 1. The molecular formula is C19H27N3O5S. The minimum Gasteiger partial charge on any atom is -0.486 e. The van der Waals surface area contributed by atoms with Gasteiger partial charge in [-0.05, 0) is 44.9 Å². The minimum absolute atomic E-state index is 0.0604.